The molecule has 1 saturated heterocycles. The van der Waals surface area contributed by atoms with Gasteiger partial charge in [0.05, 0.1) is 6.61 Å². The van der Waals surface area contributed by atoms with Crippen molar-refractivity contribution in [2.24, 2.45) is 16.8 Å². The van der Waals surface area contributed by atoms with E-state index in [1.165, 1.54) is 45.6 Å². The van der Waals surface area contributed by atoms with Crippen LogP contribution >= 0.6 is 24.0 Å². The summed E-state index contributed by atoms with van der Waals surface area (Å²) in [6.07, 6.45) is 2.70. The summed E-state index contributed by atoms with van der Waals surface area (Å²) in [6, 6.07) is 0. The third-order valence-corrected chi connectivity index (χ3v) is 5.29. The van der Waals surface area contributed by atoms with Crippen molar-refractivity contribution in [2.75, 3.05) is 79.7 Å². The highest BCUT2D eigenvalue weighted by Crippen LogP contribution is 2.28. The lowest BCUT2D eigenvalue weighted by molar-refractivity contribution is 0.114. The summed E-state index contributed by atoms with van der Waals surface area (Å²) in [5, 5.41) is 3.52. The van der Waals surface area contributed by atoms with Crippen molar-refractivity contribution < 1.29 is 4.74 Å². The van der Waals surface area contributed by atoms with Gasteiger partial charge in [-0.2, -0.15) is 0 Å². The Hall–Kier alpha value is -0.120. The van der Waals surface area contributed by atoms with Crippen molar-refractivity contribution >= 4 is 29.9 Å². The molecule has 1 saturated carbocycles. The number of hydrogen-bond donors (Lipinski definition) is 1. The van der Waals surface area contributed by atoms with Crippen molar-refractivity contribution in [3.63, 3.8) is 0 Å². The molecule has 2 fully saturated rings. The maximum atomic E-state index is 5.73. The predicted molar refractivity (Wildman–Crippen MR) is 121 cm³/mol. The monoisotopic (exact) mass is 481 g/mol. The highest BCUT2D eigenvalue weighted by molar-refractivity contribution is 14.0. The predicted octanol–water partition coefficient (Wildman–Crippen LogP) is 1.81. The lowest BCUT2D eigenvalue weighted by Crippen LogP contribution is -2.49. The number of guanidine groups is 1. The van der Waals surface area contributed by atoms with Gasteiger partial charge in [-0.05, 0) is 31.2 Å². The largest absolute Gasteiger partial charge is 0.379 e. The smallest absolute Gasteiger partial charge is 0.193 e. The minimum absolute atomic E-state index is 0. The van der Waals surface area contributed by atoms with E-state index in [9.17, 15) is 0 Å². The maximum Gasteiger partial charge on any atom is 0.193 e. The normalized spacial score (nSPS) is 20.5. The van der Waals surface area contributed by atoms with Gasteiger partial charge >= 0.3 is 0 Å². The van der Waals surface area contributed by atoms with Gasteiger partial charge in [-0.25, -0.2) is 0 Å². The molecule has 1 N–H and O–H groups in total. The molecular weight excluding hydrogens is 441 g/mol. The van der Waals surface area contributed by atoms with Crippen LogP contribution in [0.4, 0.5) is 0 Å². The molecule has 154 valence electrons. The summed E-state index contributed by atoms with van der Waals surface area (Å²) in [7, 11) is 3.95. The number of ether oxygens (including phenoxy) is 1. The van der Waals surface area contributed by atoms with Gasteiger partial charge in [0.25, 0.3) is 0 Å². The molecule has 0 spiro atoms. The zero-order valence-corrected chi connectivity index (χ0v) is 19.6. The summed E-state index contributed by atoms with van der Waals surface area (Å²) in [5.41, 5.74) is 0. The quantitative estimate of drug-likeness (QED) is 0.223. The second kappa shape index (κ2) is 13.1. The van der Waals surface area contributed by atoms with Crippen LogP contribution in [0.15, 0.2) is 4.99 Å². The number of aliphatic imine (C=N–C) groups is 1. The number of piperazine rings is 1. The Morgan fingerprint density at radius 3 is 2.46 bits per heavy atom. The van der Waals surface area contributed by atoms with Gasteiger partial charge in [0.15, 0.2) is 5.96 Å². The van der Waals surface area contributed by atoms with E-state index in [1.54, 1.807) is 0 Å². The van der Waals surface area contributed by atoms with Gasteiger partial charge in [0.2, 0.25) is 0 Å². The Bertz CT molecular complexity index is 397. The topological polar surface area (TPSA) is 43.3 Å². The lowest BCUT2D eigenvalue weighted by Gasteiger charge is -2.35. The van der Waals surface area contributed by atoms with Crippen LogP contribution in [0.25, 0.3) is 0 Å². The Labute approximate surface area is 177 Å². The van der Waals surface area contributed by atoms with Gasteiger partial charge in [0.1, 0.15) is 0 Å². The molecule has 1 atom stereocenters. The van der Waals surface area contributed by atoms with Crippen LogP contribution < -0.4 is 5.32 Å². The third kappa shape index (κ3) is 9.19. The molecule has 0 amide bonds. The molecule has 0 bridgehead atoms. The molecule has 1 aliphatic heterocycles. The fourth-order valence-electron chi connectivity index (χ4n) is 3.29. The Balaban J connectivity index is 0.00000338. The first-order valence-electron chi connectivity index (χ1n) is 10.1. The Morgan fingerprint density at radius 2 is 1.88 bits per heavy atom. The van der Waals surface area contributed by atoms with Crippen molar-refractivity contribution in [1.29, 1.82) is 0 Å². The molecule has 0 aromatic heterocycles. The van der Waals surface area contributed by atoms with Crippen molar-refractivity contribution in [1.82, 2.24) is 20.0 Å². The zero-order chi connectivity index (χ0) is 18.1. The van der Waals surface area contributed by atoms with Gasteiger partial charge in [-0.15, -0.1) is 24.0 Å². The summed E-state index contributed by atoms with van der Waals surface area (Å²) in [5.74, 6) is 2.42. The summed E-state index contributed by atoms with van der Waals surface area (Å²) in [4.78, 5) is 11.7. The molecule has 0 aromatic rings. The average molecular weight is 481 g/mol. The second-order valence-corrected chi connectivity index (χ2v) is 7.71. The maximum absolute atomic E-state index is 5.73. The van der Waals surface area contributed by atoms with Gasteiger partial charge in [0, 0.05) is 66.5 Å². The Morgan fingerprint density at radius 1 is 1.23 bits per heavy atom. The van der Waals surface area contributed by atoms with E-state index in [-0.39, 0.29) is 24.0 Å². The number of rotatable bonds is 10. The molecule has 26 heavy (non-hydrogen) atoms. The van der Waals surface area contributed by atoms with E-state index in [0.717, 1.165) is 44.7 Å². The van der Waals surface area contributed by atoms with Gasteiger partial charge < -0.3 is 24.8 Å². The first-order chi connectivity index (χ1) is 12.1. The van der Waals surface area contributed by atoms with Crippen molar-refractivity contribution in [2.45, 2.75) is 26.7 Å². The Kier molecular flexibility index (Phi) is 12.1. The van der Waals surface area contributed by atoms with Crippen LogP contribution in [-0.4, -0.2) is 100 Å². The van der Waals surface area contributed by atoms with E-state index in [0.29, 0.717) is 5.92 Å². The molecule has 1 aliphatic carbocycles. The number of hydrogen-bond acceptors (Lipinski definition) is 4. The molecule has 2 rings (SSSR count). The van der Waals surface area contributed by atoms with Crippen LogP contribution in [0.3, 0.4) is 0 Å². The van der Waals surface area contributed by atoms with Crippen molar-refractivity contribution in [3.05, 3.63) is 0 Å². The number of halogens is 1. The minimum atomic E-state index is 0. The van der Waals surface area contributed by atoms with Crippen molar-refractivity contribution in [3.8, 4) is 0 Å². The zero-order valence-electron chi connectivity index (χ0n) is 17.2. The van der Waals surface area contributed by atoms with E-state index >= 15 is 0 Å². The summed E-state index contributed by atoms with van der Waals surface area (Å²) >= 11 is 0. The summed E-state index contributed by atoms with van der Waals surface area (Å²) < 4.78 is 5.73. The third-order valence-electron chi connectivity index (χ3n) is 5.29. The first-order valence-corrected chi connectivity index (χ1v) is 10.1. The molecule has 7 heteroatoms. The SMILES string of the molecule is CCN1CCN(CC(C)CNC(=NC)N(C)CCOCC2CC2)CC1.I. The van der Waals surface area contributed by atoms with Crippen LogP contribution in [0.2, 0.25) is 0 Å². The molecule has 2 aliphatic rings. The van der Waals surface area contributed by atoms with Crippen LogP contribution in [-0.2, 0) is 4.74 Å². The fraction of sp³-hybridized carbons (Fsp3) is 0.947. The lowest BCUT2D eigenvalue weighted by atomic mass is 10.1. The molecular formula is C19H40IN5O. The number of likely N-dealkylation sites (N-methyl/N-ethyl adjacent to an activating group) is 2. The highest BCUT2D eigenvalue weighted by atomic mass is 127. The first kappa shape index (κ1) is 23.9. The van der Waals surface area contributed by atoms with E-state index in [4.69, 9.17) is 4.74 Å². The average Bonchev–Trinajstić information content (AvgIpc) is 3.44. The van der Waals surface area contributed by atoms with E-state index in [1.807, 2.05) is 7.05 Å². The number of nitrogens with one attached hydrogen (secondary N) is 1. The van der Waals surface area contributed by atoms with Gasteiger partial charge in [-0.3, -0.25) is 4.99 Å². The molecule has 0 radical (unpaired) electrons. The van der Waals surface area contributed by atoms with E-state index < -0.39 is 0 Å². The fourth-order valence-corrected chi connectivity index (χ4v) is 3.29. The number of nitrogens with zero attached hydrogens (tertiary/aromatic N) is 4. The van der Waals surface area contributed by atoms with Gasteiger partial charge in [-0.1, -0.05) is 13.8 Å². The van der Waals surface area contributed by atoms with Crippen LogP contribution in [0.1, 0.15) is 26.7 Å². The minimum Gasteiger partial charge on any atom is -0.379 e. The standard InChI is InChI=1S/C19H39N5O.HI/c1-5-23-8-10-24(11-9-23)15-17(2)14-21-19(20-3)22(4)12-13-25-16-18-6-7-18;/h17-18H,5-16H2,1-4H3,(H,20,21);1H. The van der Waals surface area contributed by atoms with Crippen LogP contribution in [0.5, 0.6) is 0 Å². The molecule has 1 unspecified atom stereocenters. The van der Waals surface area contributed by atoms with E-state index in [2.05, 4.69) is 45.9 Å². The second-order valence-electron chi connectivity index (χ2n) is 7.71. The highest BCUT2D eigenvalue weighted by Gasteiger charge is 2.21. The summed E-state index contributed by atoms with van der Waals surface area (Å²) in [6.45, 7) is 15.3. The molecule has 6 nitrogen and oxygen atoms in total. The molecule has 1 heterocycles. The molecule has 0 aromatic carbocycles. The van der Waals surface area contributed by atoms with Crippen LogP contribution in [0, 0.1) is 11.8 Å².